The predicted molar refractivity (Wildman–Crippen MR) is 171 cm³/mol. The molecule has 18 heteroatoms. The van der Waals surface area contributed by atoms with Gasteiger partial charge in [0.15, 0.2) is 28.2 Å². The molecular formula is C29H40FN6O9PS. The van der Waals surface area contributed by atoms with Gasteiger partial charge in [-0.05, 0) is 33.3 Å². The van der Waals surface area contributed by atoms with Crippen LogP contribution >= 0.6 is 19.5 Å². The molecule has 1 saturated heterocycles. The van der Waals surface area contributed by atoms with E-state index in [0.29, 0.717) is 0 Å². The number of rotatable bonds is 16. The number of halogens is 1. The summed E-state index contributed by atoms with van der Waals surface area (Å²) in [5.41, 5.74) is 3.67. The van der Waals surface area contributed by atoms with Crippen molar-refractivity contribution in [2.24, 2.45) is 5.41 Å². The van der Waals surface area contributed by atoms with Crippen molar-refractivity contribution in [2.75, 3.05) is 37.9 Å². The zero-order valence-corrected chi connectivity index (χ0v) is 28.5. The summed E-state index contributed by atoms with van der Waals surface area (Å²) in [6, 6.07) is 9.07. The Kier molecular flexibility index (Phi) is 12.0. The lowest BCUT2D eigenvalue weighted by Crippen LogP contribution is -2.40. The first-order valence-corrected chi connectivity index (χ1v) is 17.3. The number of hydrogen-bond donors (Lipinski definition) is 3. The number of carbonyl (C=O) groups is 2. The van der Waals surface area contributed by atoms with Crippen molar-refractivity contribution >= 4 is 47.7 Å². The third-order valence-electron chi connectivity index (χ3n) is 7.15. The van der Waals surface area contributed by atoms with Gasteiger partial charge in [0.25, 0.3) is 0 Å². The van der Waals surface area contributed by atoms with Gasteiger partial charge in [-0.2, -0.15) is 9.97 Å². The number of aliphatic hydroxyl groups excluding tert-OH is 1. The average molecular weight is 699 g/mol. The number of aliphatic hydroxyl groups is 1. The van der Waals surface area contributed by atoms with Crippen LogP contribution in [0.2, 0.25) is 0 Å². The van der Waals surface area contributed by atoms with Gasteiger partial charge < -0.3 is 25.1 Å². The highest BCUT2D eigenvalue weighted by Crippen LogP contribution is 2.48. The molecular weight excluding hydrogens is 658 g/mol. The van der Waals surface area contributed by atoms with E-state index in [1.807, 2.05) is 30.3 Å². The second-order valence-corrected chi connectivity index (χ2v) is 14.4. The van der Waals surface area contributed by atoms with Crippen molar-refractivity contribution < 1.29 is 46.9 Å². The summed E-state index contributed by atoms with van der Waals surface area (Å²) in [5.74, 6) is -0.399. The molecule has 0 aliphatic carbocycles. The minimum absolute atomic E-state index is 0.0870. The third-order valence-corrected chi connectivity index (χ3v) is 9.89. The largest absolute Gasteiger partial charge is 0.476 e. The molecule has 0 amide bonds. The second-order valence-electron chi connectivity index (χ2n) is 11.5. The molecule has 1 fully saturated rings. The number of fused-ring (bicyclic) bond motifs is 1. The van der Waals surface area contributed by atoms with Gasteiger partial charge in [-0.25, -0.2) is 19.0 Å². The molecule has 0 spiro atoms. The zero-order valence-electron chi connectivity index (χ0n) is 26.8. The number of carbonyl (C=O) groups excluding carboxylic acids is 2. The van der Waals surface area contributed by atoms with Crippen molar-refractivity contribution in [3.05, 3.63) is 42.2 Å². The Morgan fingerprint density at radius 1 is 1.26 bits per heavy atom. The first-order chi connectivity index (χ1) is 22.2. The number of esters is 1. The summed E-state index contributed by atoms with van der Waals surface area (Å²) >= 11 is 0.927. The summed E-state index contributed by atoms with van der Waals surface area (Å²) in [4.78, 5) is 36.3. The van der Waals surface area contributed by atoms with Crippen LogP contribution in [0.3, 0.4) is 0 Å². The molecule has 4 N–H and O–H groups in total. The highest BCUT2D eigenvalue weighted by Gasteiger charge is 2.56. The van der Waals surface area contributed by atoms with Crippen LogP contribution in [0.25, 0.3) is 11.2 Å². The molecule has 3 heterocycles. The molecule has 1 aromatic carbocycles. The van der Waals surface area contributed by atoms with E-state index in [4.69, 9.17) is 29.0 Å². The first kappa shape index (κ1) is 36.7. The van der Waals surface area contributed by atoms with Crippen LogP contribution in [0, 0.1) is 5.41 Å². The molecule has 1 aliphatic heterocycles. The van der Waals surface area contributed by atoms with E-state index >= 15 is 4.39 Å². The predicted octanol–water partition coefficient (Wildman–Crippen LogP) is 3.57. The average Bonchev–Trinajstić information content (AvgIpc) is 3.54. The second kappa shape index (κ2) is 15.4. The third kappa shape index (κ3) is 9.04. The number of alkyl halides is 1. The van der Waals surface area contributed by atoms with Gasteiger partial charge in [-0.1, -0.05) is 42.1 Å². The van der Waals surface area contributed by atoms with Gasteiger partial charge in [-0.3, -0.25) is 23.2 Å². The number of nitrogens with one attached hydrogen (secondary N) is 1. The summed E-state index contributed by atoms with van der Waals surface area (Å²) < 4.78 is 58.9. The monoisotopic (exact) mass is 698 g/mol. The molecule has 2 unspecified atom stereocenters. The van der Waals surface area contributed by atoms with Crippen LogP contribution < -0.4 is 15.6 Å². The Morgan fingerprint density at radius 3 is 2.66 bits per heavy atom. The van der Waals surface area contributed by atoms with Crippen molar-refractivity contribution in [1.82, 2.24) is 24.6 Å². The van der Waals surface area contributed by atoms with E-state index in [1.54, 1.807) is 20.8 Å². The molecule has 0 radical (unpaired) electrons. The number of aromatic nitrogens is 4. The molecule has 3 aromatic rings. The highest BCUT2D eigenvalue weighted by molar-refractivity contribution is 8.13. The molecule has 2 aromatic heterocycles. The molecule has 258 valence electrons. The van der Waals surface area contributed by atoms with Crippen molar-refractivity contribution in [3.63, 3.8) is 0 Å². The summed E-state index contributed by atoms with van der Waals surface area (Å²) in [5, 5.41) is 13.5. The maximum atomic E-state index is 16.1. The van der Waals surface area contributed by atoms with E-state index in [-0.39, 0.29) is 60.2 Å². The molecule has 15 nitrogen and oxygen atoms in total. The van der Waals surface area contributed by atoms with E-state index in [1.165, 1.54) is 17.8 Å². The van der Waals surface area contributed by atoms with E-state index < -0.39 is 49.8 Å². The fourth-order valence-electron chi connectivity index (χ4n) is 4.58. The topological polar surface area (TPSA) is 199 Å². The maximum Gasteiger partial charge on any atom is 0.405 e. The van der Waals surface area contributed by atoms with Crippen LogP contribution in [0.15, 0.2) is 36.7 Å². The number of ether oxygens (including phenoxy) is 3. The Balaban J connectivity index is 1.45. The number of anilines is 1. The number of hydrogen-bond acceptors (Lipinski definition) is 14. The lowest BCUT2D eigenvalue weighted by atomic mass is 9.97. The molecule has 0 saturated carbocycles. The molecule has 4 rings (SSSR count). The molecule has 47 heavy (non-hydrogen) atoms. The maximum absolute atomic E-state index is 16.1. The SMILES string of the molecule is CCOc1nc(N)nc2c1ncn2[C@@H]1OC(COP(=O)(NCc2ccccc2)OCCSC(=O)C(C)(C)COC(C)=O)[C@@H](O)[C@@]1(C)F. The molecule has 0 bridgehead atoms. The van der Waals surface area contributed by atoms with Gasteiger partial charge in [0.2, 0.25) is 11.8 Å². The fraction of sp³-hybridized carbons (Fsp3) is 0.552. The molecule has 1 aliphatic rings. The Morgan fingerprint density at radius 2 is 1.98 bits per heavy atom. The zero-order chi connectivity index (χ0) is 34.4. The van der Waals surface area contributed by atoms with Gasteiger partial charge in [0.05, 0.1) is 31.6 Å². The van der Waals surface area contributed by atoms with Crippen LogP contribution in [0.4, 0.5) is 10.3 Å². The summed E-state index contributed by atoms with van der Waals surface area (Å²) in [6.07, 6.45) is -3.14. The van der Waals surface area contributed by atoms with Crippen LogP contribution in [-0.4, -0.2) is 85.8 Å². The highest BCUT2D eigenvalue weighted by atomic mass is 32.2. The Bertz CT molecular complexity index is 1590. The normalized spacial score (nSPS) is 22.7. The first-order valence-electron chi connectivity index (χ1n) is 14.8. The Hall–Kier alpha value is -3.18. The number of benzene rings is 1. The number of nitrogens with two attached hydrogens (primary N) is 1. The smallest absolute Gasteiger partial charge is 0.405 e. The van der Waals surface area contributed by atoms with Gasteiger partial charge in [0, 0.05) is 19.2 Å². The minimum atomic E-state index is -4.10. The quantitative estimate of drug-likeness (QED) is 0.111. The number of thioether (sulfide) groups is 1. The number of nitrogens with zero attached hydrogens (tertiary/aromatic N) is 4. The lowest BCUT2D eigenvalue weighted by Gasteiger charge is -2.25. The van der Waals surface area contributed by atoms with Crippen molar-refractivity contribution in [1.29, 1.82) is 0 Å². The lowest BCUT2D eigenvalue weighted by molar-refractivity contribution is -0.145. The van der Waals surface area contributed by atoms with Gasteiger partial charge in [0.1, 0.15) is 18.8 Å². The Labute approximate surface area is 275 Å². The number of imidazole rings is 1. The summed E-state index contributed by atoms with van der Waals surface area (Å²) in [6.45, 7) is 7.06. The van der Waals surface area contributed by atoms with Crippen LogP contribution in [-0.2, 0) is 39.2 Å². The van der Waals surface area contributed by atoms with E-state index in [9.17, 15) is 19.3 Å². The van der Waals surface area contributed by atoms with Crippen molar-refractivity contribution in [2.45, 2.75) is 65.3 Å². The van der Waals surface area contributed by atoms with Gasteiger partial charge >= 0.3 is 13.7 Å². The van der Waals surface area contributed by atoms with Crippen LogP contribution in [0.1, 0.15) is 46.4 Å². The summed E-state index contributed by atoms with van der Waals surface area (Å²) in [7, 11) is -4.10. The standard InChI is InChI=1S/C29H40FN6O9PS/c1-6-41-24-21-23(34-27(31)35-24)36(17-32-21)25-29(5,30)22(38)20(45-25)15-44-46(40,33-14-19-10-8-7-9-11-19)43-12-13-47-26(39)28(3,4)16-42-18(2)37/h7-11,17,20,22,25,38H,6,12-16H2,1-5H3,(H,33,40)(H2,31,34,35)/t20?,22-,25-,29-,46?/m1/s1. The number of nitrogen functional groups attached to an aromatic ring is 1. The van der Waals surface area contributed by atoms with Gasteiger partial charge in [-0.15, -0.1) is 0 Å². The van der Waals surface area contributed by atoms with Crippen LogP contribution in [0.5, 0.6) is 5.88 Å². The molecule has 5 atom stereocenters. The van der Waals surface area contributed by atoms with E-state index in [2.05, 4.69) is 20.0 Å². The van der Waals surface area contributed by atoms with E-state index in [0.717, 1.165) is 24.2 Å². The minimum Gasteiger partial charge on any atom is -0.476 e. The fourth-order valence-corrected chi connectivity index (χ4v) is 6.81. The van der Waals surface area contributed by atoms with Crippen molar-refractivity contribution in [3.8, 4) is 5.88 Å².